The van der Waals surface area contributed by atoms with Crippen molar-refractivity contribution in [2.24, 2.45) is 0 Å². The Balaban J connectivity index is 1.79. The summed E-state index contributed by atoms with van der Waals surface area (Å²) < 4.78 is 5.28. The predicted molar refractivity (Wildman–Crippen MR) is 62.0 cm³/mol. The summed E-state index contributed by atoms with van der Waals surface area (Å²) in [4.78, 5) is 23.0. The van der Waals surface area contributed by atoms with Crippen molar-refractivity contribution in [1.82, 2.24) is 5.32 Å². The van der Waals surface area contributed by atoms with Gasteiger partial charge in [-0.1, -0.05) is 6.07 Å². The number of hydrogen-bond donors (Lipinski definition) is 2. The standard InChI is InChI=1S/C13H13NO4/c15-11(14-13(3-4-13)12(16)17)8-1-2-9-6-18-7-10(9)5-8/h1-2,5H,3-4,6-7H2,(H,14,15)(H,16,17). The number of carboxylic acid groups (broad SMARTS) is 1. The first-order valence-electron chi connectivity index (χ1n) is 5.86. The third-order valence-electron chi connectivity index (χ3n) is 3.50. The van der Waals surface area contributed by atoms with Crippen LogP contribution >= 0.6 is 0 Å². The van der Waals surface area contributed by atoms with Gasteiger partial charge in [-0.15, -0.1) is 0 Å². The van der Waals surface area contributed by atoms with Crippen LogP contribution in [0.15, 0.2) is 18.2 Å². The molecular weight excluding hydrogens is 234 g/mol. The van der Waals surface area contributed by atoms with E-state index in [1.54, 1.807) is 12.1 Å². The Morgan fingerprint density at radius 1 is 1.22 bits per heavy atom. The first-order chi connectivity index (χ1) is 8.61. The van der Waals surface area contributed by atoms with Crippen molar-refractivity contribution in [3.8, 4) is 0 Å². The molecule has 2 aliphatic rings. The van der Waals surface area contributed by atoms with E-state index >= 15 is 0 Å². The molecule has 5 nitrogen and oxygen atoms in total. The number of amides is 1. The molecule has 0 spiro atoms. The number of carbonyl (C=O) groups excluding carboxylic acids is 1. The highest BCUT2D eigenvalue weighted by Crippen LogP contribution is 2.35. The van der Waals surface area contributed by atoms with Crippen molar-refractivity contribution in [2.75, 3.05) is 0 Å². The van der Waals surface area contributed by atoms with Gasteiger partial charge < -0.3 is 15.2 Å². The van der Waals surface area contributed by atoms with E-state index in [2.05, 4.69) is 5.32 Å². The SMILES string of the molecule is O=C(NC1(C(=O)O)CC1)c1ccc2c(c1)COC2. The third kappa shape index (κ3) is 1.76. The van der Waals surface area contributed by atoms with Crippen LogP contribution in [0.4, 0.5) is 0 Å². The van der Waals surface area contributed by atoms with E-state index in [-0.39, 0.29) is 5.91 Å². The molecule has 1 fully saturated rings. The first kappa shape index (κ1) is 11.2. The van der Waals surface area contributed by atoms with Crippen molar-refractivity contribution < 1.29 is 19.4 Å². The number of nitrogens with one attached hydrogen (secondary N) is 1. The maximum atomic E-state index is 12.0. The number of rotatable bonds is 3. The fraction of sp³-hybridized carbons (Fsp3) is 0.385. The lowest BCUT2D eigenvalue weighted by Crippen LogP contribution is -2.43. The number of benzene rings is 1. The summed E-state index contributed by atoms with van der Waals surface area (Å²) in [5.41, 5.74) is 1.55. The maximum absolute atomic E-state index is 12.0. The third-order valence-corrected chi connectivity index (χ3v) is 3.50. The highest BCUT2D eigenvalue weighted by atomic mass is 16.5. The molecular formula is C13H13NO4. The quantitative estimate of drug-likeness (QED) is 0.837. The molecule has 0 unspecified atom stereocenters. The minimum absolute atomic E-state index is 0.329. The lowest BCUT2D eigenvalue weighted by Gasteiger charge is -2.12. The summed E-state index contributed by atoms with van der Waals surface area (Å²) in [6.07, 6.45) is 1.00. The van der Waals surface area contributed by atoms with E-state index in [1.165, 1.54) is 0 Å². The number of fused-ring (bicyclic) bond motifs is 1. The zero-order chi connectivity index (χ0) is 12.8. The van der Waals surface area contributed by atoms with Crippen molar-refractivity contribution in [2.45, 2.75) is 31.6 Å². The topological polar surface area (TPSA) is 75.6 Å². The van der Waals surface area contributed by atoms with E-state index in [4.69, 9.17) is 9.84 Å². The summed E-state index contributed by atoms with van der Waals surface area (Å²) in [7, 11) is 0. The van der Waals surface area contributed by atoms with E-state index in [0.717, 1.165) is 11.1 Å². The molecule has 0 saturated heterocycles. The number of carboxylic acids is 1. The summed E-state index contributed by atoms with van der Waals surface area (Å²) in [5.74, 6) is -1.29. The van der Waals surface area contributed by atoms with Gasteiger partial charge in [-0.25, -0.2) is 4.79 Å². The highest BCUT2D eigenvalue weighted by Gasteiger charge is 2.51. The van der Waals surface area contributed by atoms with Crippen LogP contribution in [0.2, 0.25) is 0 Å². The van der Waals surface area contributed by atoms with E-state index < -0.39 is 11.5 Å². The molecule has 1 aliphatic carbocycles. The van der Waals surface area contributed by atoms with Crippen LogP contribution in [0.25, 0.3) is 0 Å². The monoisotopic (exact) mass is 247 g/mol. The van der Waals surface area contributed by atoms with Gasteiger partial charge in [-0.05, 0) is 36.1 Å². The molecule has 0 atom stereocenters. The molecule has 5 heteroatoms. The van der Waals surface area contributed by atoms with Gasteiger partial charge in [-0.2, -0.15) is 0 Å². The fourth-order valence-corrected chi connectivity index (χ4v) is 2.12. The Kier molecular flexibility index (Phi) is 2.38. The van der Waals surface area contributed by atoms with Crippen LogP contribution in [0, 0.1) is 0 Å². The van der Waals surface area contributed by atoms with Crippen LogP contribution in [0.3, 0.4) is 0 Å². The minimum Gasteiger partial charge on any atom is -0.480 e. The smallest absolute Gasteiger partial charge is 0.329 e. The Bertz CT molecular complexity index is 534. The predicted octanol–water partition coefficient (Wildman–Crippen LogP) is 1.06. The van der Waals surface area contributed by atoms with Crippen molar-refractivity contribution >= 4 is 11.9 Å². The van der Waals surface area contributed by atoms with Gasteiger partial charge in [0.05, 0.1) is 13.2 Å². The molecule has 1 saturated carbocycles. The van der Waals surface area contributed by atoms with Crippen molar-refractivity contribution in [3.05, 3.63) is 34.9 Å². The minimum atomic E-state index is -1.04. The summed E-state index contributed by atoms with van der Waals surface area (Å²) in [6.45, 7) is 1.09. The first-order valence-corrected chi connectivity index (χ1v) is 5.86. The average Bonchev–Trinajstić information content (AvgIpc) is 2.98. The molecule has 1 heterocycles. The lowest BCUT2D eigenvalue weighted by molar-refractivity contribution is -0.140. The zero-order valence-electron chi connectivity index (χ0n) is 9.73. The van der Waals surface area contributed by atoms with Crippen LogP contribution in [0.5, 0.6) is 0 Å². The van der Waals surface area contributed by atoms with Gasteiger partial charge in [0.1, 0.15) is 5.54 Å². The van der Waals surface area contributed by atoms with Gasteiger partial charge in [0.2, 0.25) is 0 Å². The average molecular weight is 247 g/mol. The van der Waals surface area contributed by atoms with Crippen LogP contribution in [0.1, 0.15) is 34.3 Å². The molecule has 1 aliphatic heterocycles. The Morgan fingerprint density at radius 3 is 2.61 bits per heavy atom. The molecule has 3 rings (SSSR count). The van der Waals surface area contributed by atoms with E-state index in [9.17, 15) is 9.59 Å². The molecule has 0 aromatic heterocycles. The van der Waals surface area contributed by atoms with E-state index in [0.29, 0.717) is 31.6 Å². The van der Waals surface area contributed by atoms with Gasteiger partial charge in [0.25, 0.3) is 5.91 Å². The number of ether oxygens (including phenoxy) is 1. The Labute approximate surface area is 104 Å². The molecule has 0 radical (unpaired) electrons. The second-order valence-electron chi connectivity index (χ2n) is 4.82. The molecule has 1 amide bonds. The Hall–Kier alpha value is -1.88. The summed E-state index contributed by atoms with van der Waals surface area (Å²) >= 11 is 0. The van der Waals surface area contributed by atoms with Crippen LogP contribution in [-0.4, -0.2) is 22.5 Å². The molecule has 2 N–H and O–H groups in total. The van der Waals surface area contributed by atoms with E-state index in [1.807, 2.05) is 6.07 Å². The van der Waals surface area contributed by atoms with Crippen molar-refractivity contribution in [1.29, 1.82) is 0 Å². The molecule has 18 heavy (non-hydrogen) atoms. The summed E-state index contributed by atoms with van der Waals surface area (Å²) in [6, 6.07) is 5.34. The van der Waals surface area contributed by atoms with Crippen LogP contribution < -0.4 is 5.32 Å². The number of aliphatic carboxylic acids is 1. The van der Waals surface area contributed by atoms with Gasteiger partial charge in [0.15, 0.2) is 0 Å². The van der Waals surface area contributed by atoms with Crippen LogP contribution in [-0.2, 0) is 22.7 Å². The lowest BCUT2D eigenvalue weighted by atomic mass is 10.1. The molecule has 1 aromatic rings. The van der Waals surface area contributed by atoms with Gasteiger partial charge >= 0.3 is 5.97 Å². The second kappa shape index (κ2) is 3.81. The fourth-order valence-electron chi connectivity index (χ4n) is 2.12. The Morgan fingerprint density at radius 2 is 1.94 bits per heavy atom. The molecule has 0 bridgehead atoms. The van der Waals surface area contributed by atoms with Gasteiger partial charge in [-0.3, -0.25) is 4.79 Å². The molecule has 1 aromatic carbocycles. The zero-order valence-corrected chi connectivity index (χ0v) is 9.73. The van der Waals surface area contributed by atoms with Crippen molar-refractivity contribution in [3.63, 3.8) is 0 Å². The number of carbonyl (C=O) groups is 2. The maximum Gasteiger partial charge on any atom is 0.329 e. The largest absolute Gasteiger partial charge is 0.480 e. The summed E-state index contributed by atoms with van der Waals surface area (Å²) in [5, 5.41) is 11.6. The second-order valence-corrected chi connectivity index (χ2v) is 4.82. The van der Waals surface area contributed by atoms with Gasteiger partial charge in [0, 0.05) is 5.56 Å². The normalized spacial score (nSPS) is 19.1. The number of hydrogen-bond acceptors (Lipinski definition) is 3. The molecule has 94 valence electrons. The highest BCUT2D eigenvalue weighted by molar-refractivity contribution is 5.99.